The number of aromatic hydroxyl groups is 1. The maximum atomic E-state index is 12.8. The number of thioether (sulfide) groups is 1. The first-order valence-electron chi connectivity index (χ1n) is 8.65. The molecule has 1 amide bonds. The third-order valence-corrected chi connectivity index (χ3v) is 5.13. The lowest BCUT2D eigenvalue weighted by Gasteiger charge is -2.13. The summed E-state index contributed by atoms with van der Waals surface area (Å²) in [5.41, 5.74) is 3.35. The van der Waals surface area contributed by atoms with Gasteiger partial charge in [-0.2, -0.15) is 0 Å². The number of amidine groups is 1. The highest BCUT2D eigenvalue weighted by molar-refractivity contribution is 8.18. The monoisotopic (exact) mass is 366 g/mol. The maximum Gasteiger partial charge on any atom is 0.266 e. The van der Waals surface area contributed by atoms with E-state index in [-0.39, 0.29) is 5.91 Å². The molecule has 2 aromatic carbocycles. The van der Waals surface area contributed by atoms with Crippen LogP contribution in [0.4, 0.5) is 5.69 Å². The number of aliphatic imine (C=N–C) groups is 1. The number of phenols is 1. The number of phenolic OH excluding ortho intramolecular Hbond substituents is 1. The minimum absolute atomic E-state index is 0.0186. The topological polar surface area (TPSA) is 52.9 Å². The Hall–Kier alpha value is -2.53. The van der Waals surface area contributed by atoms with Gasteiger partial charge in [-0.3, -0.25) is 9.69 Å². The van der Waals surface area contributed by atoms with Crippen LogP contribution in [0.1, 0.15) is 30.0 Å². The van der Waals surface area contributed by atoms with Gasteiger partial charge in [0.2, 0.25) is 0 Å². The molecular formula is C21H22N2O2S. The van der Waals surface area contributed by atoms with E-state index >= 15 is 0 Å². The Morgan fingerprint density at radius 3 is 2.42 bits per heavy atom. The molecule has 1 saturated heterocycles. The minimum Gasteiger partial charge on any atom is -0.507 e. The molecule has 2 aromatic rings. The van der Waals surface area contributed by atoms with Crippen molar-refractivity contribution in [2.45, 2.75) is 27.2 Å². The van der Waals surface area contributed by atoms with Gasteiger partial charge in [0.15, 0.2) is 5.17 Å². The number of aryl methyl sites for hydroxylation is 2. The summed E-state index contributed by atoms with van der Waals surface area (Å²) in [5, 5.41) is 10.7. The van der Waals surface area contributed by atoms with Crippen molar-refractivity contribution in [2.24, 2.45) is 4.99 Å². The van der Waals surface area contributed by atoms with Crippen LogP contribution in [0.2, 0.25) is 0 Å². The number of rotatable bonds is 4. The summed E-state index contributed by atoms with van der Waals surface area (Å²) in [4.78, 5) is 19.9. The number of benzene rings is 2. The van der Waals surface area contributed by atoms with Gasteiger partial charge in [-0.05, 0) is 79.1 Å². The van der Waals surface area contributed by atoms with Crippen LogP contribution in [-0.2, 0) is 4.79 Å². The molecule has 26 heavy (non-hydrogen) atoms. The molecule has 5 heteroatoms. The molecule has 134 valence electrons. The lowest BCUT2D eigenvalue weighted by atomic mass is 10.1. The number of nitrogens with zero attached hydrogens (tertiary/aromatic N) is 2. The standard InChI is InChI=1S/C21H22N2O2S/c1-4-10-23-20(25)18(13-16-11-14(2)19(24)15(3)12-16)26-21(23)22-17-8-6-5-7-9-17/h5-9,11-13,24H,4,10H2,1-3H3. The molecule has 0 aromatic heterocycles. The SMILES string of the molecule is CCCN1C(=O)C(=Cc2cc(C)c(O)c(C)c2)SC1=Nc1ccccc1. The molecule has 0 unspecified atom stereocenters. The van der Waals surface area contributed by atoms with E-state index in [2.05, 4.69) is 4.99 Å². The quantitative estimate of drug-likeness (QED) is 0.773. The summed E-state index contributed by atoms with van der Waals surface area (Å²) in [7, 11) is 0. The normalized spacial score (nSPS) is 17.5. The van der Waals surface area contributed by atoms with Gasteiger partial charge in [-0.25, -0.2) is 4.99 Å². The minimum atomic E-state index is -0.0186. The smallest absolute Gasteiger partial charge is 0.266 e. The number of carbonyl (C=O) groups excluding carboxylic acids is 1. The molecule has 0 bridgehead atoms. The van der Waals surface area contributed by atoms with Gasteiger partial charge in [0.05, 0.1) is 10.6 Å². The second-order valence-electron chi connectivity index (χ2n) is 6.30. The number of para-hydroxylation sites is 1. The van der Waals surface area contributed by atoms with Gasteiger partial charge in [0, 0.05) is 6.54 Å². The predicted octanol–water partition coefficient (Wildman–Crippen LogP) is 5.02. The average molecular weight is 366 g/mol. The molecule has 0 spiro atoms. The largest absolute Gasteiger partial charge is 0.507 e. The Kier molecular flexibility index (Phi) is 5.47. The Bertz CT molecular complexity index is 865. The van der Waals surface area contributed by atoms with Crippen molar-refractivity contribution in [1.29, 1.82) is 0 Å². The Morgan fingerprint density at radius 1 is 1.15 bits per heavy atom. The van der Waals surface area contributed by atoms with Crippen LogP contribution in [-0.4, -0.2) is 27.6 Å². The molecule has 1 heterocycles. The van der Waals surface area contributed by atoms with Crippen LogP contribution < -0.4 is 0 Å². The van der Waals surface area contributed by atoms with E-state index in [1.54, 1.807) is 4.90 Å². The Labute approximate surface area is 158 Å². The molecule has 4 nitrogen and oxygen atoms in total. The molecule has 0 radical (unpaired) electrons. The maximum absolute atomic E-state index is 12.8. The molecule has 1 aliphatic rings. The van der Waals surface area contributed by atoms with E-state index in [4.69, 9.17) is 0 Å². The van der Waals surface area contributed by atoms with Crippen LogP contribution >= 0.6 is 11.8 Å². The van der Waals surface area contributed by atoms with Crippen LogP contribution in [0.3, 0.4) is 0 Å². The third kappa shape index (κ3) is 3.83. The van der Waals surface area contributed by atoms with Gasteiger partial charge >= 0.3 is 0 Å². The van der Waals surface area contributed by atoms with Crippen molar-refractivity contribution in [1.82, 2.24) is 4.90 Å². The Morgan fingerprint density at radius 2 is 1.81 bits per heavy atom. The molecular weight excluding hydrogens is 344 g/mol. The van der Waals surface area contributed by atoms with E-state index in [0.717, 1.165) is 28.8 Å². The zero-order valence-corrected chi connectivity index (χ0v) is 16.0. The predicted molar refractivity (Wildman–Crippen MR) is 109 cm³/mol. The van der Waals surface area contributed by atoms with Crippen molar-refractivity contribution in [3.63, 3.8) is 0 Å². The molecule has 0 saturated carbocycles. The highest BCUT2D eigenvalue weighted by Gasteiger charge is 2.32. The van der Waals surface area contributed by atoms with Gasteiger partial charge < -0.3 is 5.11 Å². The molecule has 1 aliphatic heterocycles. The number of hydrogen-bond acceptors (Lipinski definition) is 4. The number of amides is 1. The lowest BCUT2D eigenvalue weighted by Crippen LogP contribution is -2.29. The molecule has 1 fully saturated rings. The first-order valence-corrected chi connectivity index (χ1v) is 9.46. The van der Waals surface area contributed by atoms with Crippen LogP contribution in [0.5, 0.6) is 5.75 Å². The van der Waals surface area contributed by atoms with Crippen molar-refractivity contribution in [3.05, 3.63) is 64.1 Å². The molecule has 0 aliphatic carbocycles. The first-order chi connectivity index (χ1) is 12.5. The molecule has 3 rings (SSSR count). The van der Waals surface area contributed by atoms with Gasteiger partial charge in [0.1, 0.15) is 5.75 Å². The fraction of sp³-hybridized carbons (Fsp3) is 0.238. The fourth-order valence-corrected chi connectivity index (χ4v) is 3.87. The average Bonchev–Trinajstić information content (AvgIpc) is 2.90. The van der Waals surface area contributed by atoms with Crippen LogP contribution in [0.15, 0.2) is 52.4 Å². The zero-order valence-electron chi connectivity index (χ0n) is 15.2. The van der Waals surface area contributed by atoms with E-state index in [0.29, 0.717) is 22.4 Å². The second kappa shape index (κ2) is 7.79. The summed E-state index contributed by atoms with van der Waals surface area (Å²) in [6.07, 6.45) is 2.74. The fourth-order valence-electron chi connectivity index (χ4n) is 2.85. The van der Waals surface area contributed by atoms with Gasteiger partial charge in [0.25, 0.3) is 5.91 Å². The van der Waals surface area contributed by atoms with Crippen molar-refractivity contribution >= 4 is 34.6 Å². The van der Waals surface area contributed by atoms with Crippen molar-refractivity contribution in [2.75, 3.05) is 6.54 Å². The third-order valence-electron chi connectivity index (χ3n) is 4.13. The molecule has 1 N–H and O–H groups in total. The summed E-state index contributed by atoms with van der Waals surface area (Å²) >= 11 is 1.40. The number of hydrogen-bond donors (Lipinski definition) is 1. The summed E-state index contributed by atoms with van der Waals surface area (Å²) in [5.74, 6) is 0.284. The Balaban J connectivity index is 1.97. The summed E-state index contributed by atoms with van der Waals surface area (Å²) in [6, 6.07) is 13.4. The van der Waals surface area contributed by atoms with Gasteiger partial charge in [-0.1, -0.05) is 25.1 Å². The van der Waals surface area contributed by atoms with E-state index in [1.807, 2.05) is 69.3 Å². The summed E-state index contributed by atoms with van der Waals surface area (Å²) < 4.78 is 0. The van der Waals surface area contributed by atoms with E-state index < -0.39 is 0 Å². The highest BCUT2D eigenvalue weighted by Crippen LogP contribution is 2.35. The second-order valence-corrected chi connectivity index (χ2v) is 7.31. The summed E-state index contributed by atoms with van der Waals surface area (Å²) in [6.45, 7) is 6.41. The van der Waals surface area contributed by atoms with Crippen molar-refractivity contribution in [3.8, 4) is 5.75 Å². The number of carbonyl (C=O) groups is 1. The molecule has 0 atom stereocenters. The van der Waals surface area contributed by atoms with Crippen LogP contribution in [0, 0.1) is 13.8 Å². The van der Waals surface area contributed by atoms with Crippen molar-refractivity contribution < 1.29 is 9.90 Å². The lowest BCUT2D eigenvalue weighted by molar-refractivity contribution is -0.122. The zero-order chi connectivity index (χ0) is 18.7. The van der Waals surface area contributed by atoms with Gasteiger partial charge in [-0.15, -0.1) is 0 Å². The first kappa shape index (κ1) is 18.3. The van der Waals surface area contributed by atoms with Crippen LogP contribution in [0.25, 0.3) is 6.08 Å². The highest BCUT2D eigenvalue weighted by atomic mass is 32.2. The van der Waals surface area contributed by atoms with E-state index in [9.17, 15) is 9.90 Å². The van der Waals surface area contributed by atoms with E-state index in [1.165, 1.54) is 11.8 Å².